The van der Waals surface area contributed by atoms with Crippen LogP contribution in [0.5, 0.6) is 0 Å². The van der Waals surface area contributed by atoms with Crippen molar-refractivity contribution >= 4 is 5.97 Å². The second-order valence-corrected chi connectivity index (χ2v) is 10.4. The van der Waals surface area contributed by atoms with Gasteiger partial charge in [0.15, 0.2) is 0 Å². The van der Waals surface area contributed by atoms with E-state index in [1.54, 1.807) is 0 Å². The fourth-order valence-electron chi connectivity index (χ4n) is 3.62. The molecule has 0 amide bonds. The maximum atomic E-state index is 9.34. The van der Waals surface area contributed by atoms with Crippen LogP contribution in [0.15, 0.2) is 0 Å². The molecule has 278 valence electrons. The molecule has 0 aliphatic carbocycles. The molecular weight excluding hydrogens is 604 g/mol. The number of unbranched alkanes of at least 4 members (excludes halogenated alkanes) is 9. The summed E-state index contributed by atoms with van der Waals surface area (Å²) in [5.41, 5.74) is 0. The van der Waals surface area contributed by atoms with Gasteiger partial charge in [0.2, 0.25) is 0 Å². The lowest BCUT2D eigenvalue weighted by molar-refractivity contribution is -0.314. The highest BCUT2D eigenvalue weighted by molar-refractivity contribution is 5.68. The Kier molecular flexibility index (Phi) is 45.1. The zero-order chi connectivity index (χ0) is 34.0. The predicted molar refractivity (Wildman–Crippen MR) is 173 cm³/mol. The van der Waals surface area contributed by atoms with Gasteiger partial charge < -0.3 is 62.7 Å². The van der Waals surface area contributed by atoms with Crippen LogP contribution in [-0.4, -0.2) is 148 Å². The van der Waals surface area contributed by atoms with Crippen LogP contribution in [0.25, 0.3) is 0 Å². The number of carboxylic acid groups (broad SMARTS) is 1. The van der Waals surface area contributed by atoms with Gasteiger partial charge >= 0.3 is 0 Å². The molecule has 0 aliphatic heterocycles. The lowest BCUT2D eigenvalue weighted by Gasteiger charge is -2.09. The van der Waals surface area contributed by atoms with Crippen molar-refractivity contribution in [1.82, 2.24) is 0 Å². The summed E-state index contributed by atoms with van der Waals surface area (Å²) in [5.74, 6) is -1.44. The van der Waals surface area contributed by atoms with Crippen molar-refractivity contribution in [1.29, 1.82) is 0 Å². The average molecular weight is 672 g/mol. The number of carboxylic acids is 1. The number of hydrogen-bond acceptors (Lipinski definition) is 13. The van der Waals surface area contributed by atoms with Crippen molar-refractivity contribution in [3.8, 4) is 0 Å². The quantitative estimate of drug-likeness (QED) is 0.0919. The van der Waals surface area contributed by atoms with E-state index in [1.165, 1.54) is 57.8 Å². The van der Waals surface area contributed by atoms with Crippen LogP contribution in [0.2, 0.25) is 0 Å². The molecule has 1 unspecified atom stereocenters. The Labute approximate surface area is 278 Å². The summed E-state index contributed by atoms with van der Waals surface area (Å²) in [5, 5.41) is 25.9. The van der Waals surface area contributed by atoms with Crippen molar-refractivity contribution in [2.45, 2.75) is 84.2 Å². The number of aliphatic hydroxyl groups excluding tert-OH is 2. The van der Waals surface area contributed by atoms with Crippen molar-refractivity contribution in [3.63, 3.8) is 0 Å². The molecule has 0 saturated heterocycles. The monoisotopic (exact) mass is 671 g/mol. The van der Waals surface area contributed by atoms with Crippen molar-refractivity contribution in [2.75, 3.05) is 126 Å². The van der Waals surface area contributed by atoms with Gasteiger partial charge in [0.25, 0.3) is 0 Å². The summed E-state index contributed by atoms with van der Waals surface area (Å²) < 4.78 is 48.9. The first kappa shape index (κ1) is 47.1. The van der Waals surface area contributed by atoms with Gasteiger partial charge in [-0.25, -0.2) is 0 Å². The highest BCUT2D eigenvalue weighted by Gasteiger charge is 1.97. The average Bonchev–Trinajstić information content (AvgIpc) is 3.05. The third-order valence-corrected chi connectivity index (χ3v) is 6.20. The van der Waals surface area contributed by atoms with Crippen molar-refractivity contribution in [3.05, 3.63) is 0 Å². The molecule has 0 spiro atoms. The van der Waals surface area contributed by atoms with Gasteiger partial charge in [-0.2, -0.15) is 0 Å². The molecule has 0 rings (SSSR count). The molecule has 13 nitrogen and oxygen atoms in total. The van der Waals surface area contributed by atoms with Crippen molar-refractivity contribution in [2.24, 2.45) is 0 Å². The molecule has 0 bridgehead atoms. The molecule has 0 aliphatic rings. The Balaban J connectivity index is 0. The SMILES string of the molecule is CC(O)C(=O)[O-].CCCCCCCCCCCCOCCOCCOCCOCCOCCOCCOCCOCCOCCO. The van der Waals surface area contributed by atoms with E-state index in [4.69, 9.17) is 52.8 Å². The first-order chi connectivity index (χ1) is 22.6. The van der Waals surface area contributed by atoms with Gasteiger partial charge in [0.05, 0.1) is 131 Å². The lowest BCUT2D eigenvalue weighted by atomic mass is 10.1. The van der Waals surface area contributed by atoms with Crippen molar-refractivity contribution < 1.29 is 62.7 Å². The molecule has 46 heavy (non-hydrogen) atoms. The van der Waals surface area contributed by atoms with E-state index in [9.17, 15) is 9.90 Å². The Morgan fingerprint density at radius 3 is 0.913 bits per heavy atom. The Hall–Kier alpha value is -0.970. The molecule has 0 saturated carbocycles. The fourth-order valence-corrected chi connectivity index (χ4v) is 3.62. The normalized spacial score (nSPS) is 11.8. The predicted octanol–water partition coefficient (Wildman–Crippen LogP) is 2.17. The van der Waals surface area contributed by atoms with Gasteiger partial charge in [-0.1, -0.05) is 64.7 Å². The molecule has 0 aromatic carbocycles. The lowest BCUT2D eigenvalue weighted by Crippen LogP contribution is -2.32. The molecule has 0 radical (unpaired) electrons. The van der Waals surface area contributed by atoms with Crippen LogP contribution in [-0.2, 0) is 47.4 Å². The molecule has 0 aromatic rings. The van der Waals surface area contributed by atoms with E-state index in [2.05, 4.69) is 6.92 Å². The highest BCUT2D eigenvalue weighted by Crippen LogP contribution is 2.10. The van der Waals surface area contributed by atoms with Crippen LogP contribution >= 0.6 is 0 Å². The second kappa shape index (κ2) is 44.0. The first-order valence-electron chi connectivity index (χ1n) is 17.3. The minimum atomic E-state index is -1.44. The van der Waals surface area contributed by atoms with Gasteiger partial charge in [0, 0.05) is 6.61 Å². The van der Waals surface area contributed by atoms with Crippen LogP contribution in [0.4, 0.5) is 0 Å². The zero-order valence-corrected chi connectivity index (χ0v) is 29.0. The summed E-state index contributed by atoms with van der Waals surface area (Å²) in [7, 11) is 0. The number of aliphatic carboxylic acids is 1. The number of carbonyl (C=O) groups excluding carboxylic acids is 1. The number of ether oxygens (including phenoxy) is 9. The summed E-state index contributed by atoms with van der Waals surface area (Å²) in [4.78, 5) is 9.34. The third-order valence-electron chi connectivity index (χ3n) is 6.20. The fraction of sp³-hybridized carbons (Fsp3) is 0.970. The zero-order valence-electron chi connectivity index (χ0n) is 29.0. The molecule has 13 heteroatoms. The number of aliphatic hydroxyl groups is 2. The standard InChI is InChI=1S/C30H62O10.C3H6O3/c1-2-3-4-5-6-7-8-9-10-11-13-32-15-17-34-19-21-36-23-25-38-27-29-40-30-28-39-26-24-37-22-20-35-18-16-33-14-12-31;1-2(4)3(5)6/h31H,2-30H2,1H3;2,4H,1H3,(H,5,6)/p-1. The number of carbonyl (C=O) groups is 1. The van der Waals surface area contributed by atoms with Gasteiger partial charge in [-0.05, 0) is 13.3 Å². The maximum absolute atomic E-state index is 9.34. The van der Waals surface area contributed by atoms with Crippen LogP contribution in [0.3, 0.4) is 0 Å². The topological polar surface area (TPSA) is 164 Å². The minimum absolute atomic E-state index is 0.0325. The van der Waals surface area contributed by atoms with E-state index < -0.39 is 12.1 Å². The molecule has 0 heterocycles. The summed E-state index contributed by atoms with van der Waals surface area (Å²) in [6.07, 6.45) is 12.1. The van der Waals surface area contributed by atoms with E-state index >= 15 is 0 Å². The number of rotatable bonds is 38. The molecule has 0 fully saturated rings. The van der Waals surface area contributed by atoms with Crippen LogP contribution < -0.4 is 5.11 Å². The third kappa shape index (κ3) is 47.4. The largest absolute Gasteiger partial charge is 0.547 e. The number of hydrogen-bond donors (Lipinski definition) is 2. The minimum Gasteiger partial charge on any atom is -0.547 e. The van der Waals surface area contributed by atoms with E-state index in [-0.39, 0.29) is 6.61 Å². The summed E-state index contributed by atoms with van der Waals surface area (Å²) in [6, 6.07) is 0. The van der Waals surface area contributed by atoms with Gasteiger partial charge in [-0.15, -0.1) is 0 Å². The first-order valence-corrected chi connectivity index (χ1v) is 17.3. The van der Waals surface area contributed by atoms with E-state index in [0.29, 0.717) is 112 Å². The van der Waals surface area contributed by atoms with E-state index in [1.807, 2.05) is 0 Å². The van der Waals surface area contributed by atoms with Crippen LogP contribution in [0, 0.1) is 0 Å². The van der Waals surface area contributed by atoms with Crippen LogP contribution in [0.1, 0.15) is 78.1 Å². The van der Waals surface area contributed by atoms with Gasteiger partial charge in [-0.3, -0.25) is 0 Å². The maximum Gasteiger partial charge on any atom is 0.0905 e. The Bertz CT molecular complexity index is 518. The molecular formula is C33H67O13-. The second-order valence-electron chi connectivity index (χ2n) is 10.4. The Morgan fingerprint density at radius 2 is 0.674 bits per heavy atom. The Morgan fingerprint density at radius 1 is 0.457 bits per heavy atom. The molecule has 0 aromatic heterocycles. The van der Waals surface area contributed by atoms with Gasteiger partial charge in [0.1, 0.15) is 0 Å². The summed E-state index contributed by atoms with van der Waals surface area (Å²) in [6.45, 7) is 13.3. The summed E-state index contributed by atoms with van der Waals surface area (Å²) >= 11 is 0. The smallest absolute Gasteiger partial charge is 0.0905 e. The van der Waals surface area contributed by atoms with E-state index in [0.717, 1.165) is 20.0 Å². The highest BCUT2D eigenvalue weighted by atomic mass is 16.6. The molecule has 1 atom stereocenters. The molecule has 2 N–H and O–H groups in total.